The monoisotopic (exact) mass is 279 g/mol. The van der Waals surface area contributed by atoms with Gasteiger partial charge < -0.3 is 10.4 Å². The van der Waals surface area contributed by atoms with Gasteiger partial charge in [-0.05, 0) is 17.7 Å². The zero-order chi connectivity index (χ0) is 14.7. The van der Waals surface area contributed by atoms with Crippen LogP contribution < -0.4 is 5.32 Å². The van der Waals surface area contributed by atoms with Gasteiger partial charge in [-0.15, -0.1) is 0 Å². The Morgan fingerprint density at radius 3 is 2.38 bits per heavy atom. The first-order valence-corrected chi connectivity index (χ1v) is 6.50. The van der Waals surface area contributed by atoms with Gasteiger partial charge in [0.25, 0.3) is 0 Å². The van der Waals surface area contributed by atoms with E-state index in [4.69, 9.17) is 0 Å². The molecule has 0 fully saturated rings. The van der Waals surface area contributed by atoms with E-state index in [1.165, 1.54) is 0 Å². The summed E-state index contributed by atoms with van der Waals surface area (Å²) in [7, 11) is 0. The van der Waals surface area contributed by atoms with Gasteiger partial charge in [-0.2, -0.15) is 0 Å². The number of fused-ring (bicyclic) bond motifs is 1. The number of aliphatic carboxylic acids is 1. The lowest BCUT2D eigenvalue weighted by atomic mass is 10.1. The first-order chi connectivity index (χ1) is 10.2. The highest BCUT2D eigenvalue weighted by atomic mass is 16.4. The van der Waals surface area contributed by atoms with E-state index in [1.807, 2.05) is 30.3 Å². The van der Waals surface area contributed by atoms with Crippen LogP contribution in [0.15, 0.2) is 60.8 Å². The van der Waals surface area contributed by atoms with Gasteiger partial charge >= 0.3 is 5.97 Å². The summed E-state index contributed by atoms with van der Waals surface area (Å²) >= 11 is 0. The number of hydrogen-bond donors (Lipinski definition) is 2. The molecular formula is C16H13N3O2. The van der Waals surface area contributed by atoms with Crippen molar-refractivity contribution in [2.24, 2.45) is 0 Å². The zero-order valence-electron chi connectivity index (χ0n) is 11.1. The Labute approximate surface area is 121 Å². The number of nitrogens with zero attached hydrogens (tertiary/aromatic N) is 2. The maximum atomic E-state index is 11.5. The topological polar surface area (TPSA) is 75.1 Å². The first kappa shape index (κ1) is 13.1. The van der Waals surface area contributed by atoms with Crippen LogP contribution in [0.2, 0.25) is 0 Å². The van der Waals surface area contributed by atoms with Crippen molar-refractivity contribution < 1.29 is 9.90 Å². The molecule has 0 radical (unpaired) electrons. The van der Waals surface area contributed by atoms with Gasteiger partial charge in [-0.1, -0.05) is 42.5 Å². The molecule has 1 unspecified atom stereocenters. The van der Waals surface area contributed by atoms with Crippen LogP contribution >= 0.6 is 0 Å². The molecular weight excluding hydrogens is 266 g/mol. The van der Waals surface area contributed by atoms with Gasteiger partial charge in [0.05, 0.1) is 17.2 Å². The van der Waals surface area contributed by atoms with Crippen molar-refractivity contribution in [3.05, 3.63) is 66.4 Å². The van der Waals surface area contributed by atoms with Gasteiger partial charge in [0.15, 0.2) is 6.04 Å². The Bertz CT molecular complexity index is 775. The predicted molar refractivity (Wildman–Crippen MR) is 80.0 cm³/mol. The fraction of sp³-hybridized carbons (Fsp3) is 0.0625. The third-order valence-electron chi connectivity index (χ3n) is 3.12. The lowest BCUT2D eigenvalue weighted by Crippen LogP contribution is -2.21. The van der Waals surface area contributed by atoms with Crippen molar-refractivity contribution in [3.8, 4) is 0 Å². The van der Waals surface area contributed by atoms with E-state index >= 15 is 0 Å². The molecule has 0 aliphatic heterocycles. The summed E-state index contributed by atoms with van der Waals surface area (Å²) in [6.07, 6.45) is 1.54. The fourth-order valence-electron chi connectivity index (χ4n) is 2.11. The number of carbonyl (C=O) groups is 1. The molecule has 2 N–H and O–H groups in total. The third-order valence-corrected chi connectivity index (χ3v) is 3.12. The fourth-order valence-corrected chi connectivity index (χ4v) is 2.11. The number of aromatic nitrogens is 2. The highest BCUT2D eigenvalue weighted by Crippen LogP contribution is 2.19. The third kappa shape index (κ3) is 2.81. The van der Waals surface area contributed by atoms with E-state index < -0.39 is 12.0 Å². The number of hydrogen-bond acceptors (Lipinski definition) is 4. The lowest BCUT2D eigenvalue weighted by Gasteiger charge is -2.15. The Kier molecular flexibility index (Phi) is 3.47. The normalized spacial score (nSPS) is 12.0. The van der Waals surface area contributed by atoms with Crippen LogP contribution in [0.1, 0.15) is 11.6 Å². The minimum atomic E-state index is -0.962. The average molecular weight is 279 g/mol. The Morgan fingerprint density at radius 2 is 1.67 bits per heavy atom. The summed E-state index contributed by atoms with van der Waals surface area (Å²) in [5.74, 6) is -0.527. The second kappa shape index (κ2) is 5.58. The Morgan fingerprint density at radius 1 is 1.00 bits per heavy atom. The van der Waals surface area contributed by atoms with Gasteiger partial charge in [0.2, 0.25) is 0 Å². The van der Waals surface area contributed by atoms with Crippen LogP contribution in [0, 0.1) is 0 Å². The summed E-state index contributed by atoms with van der Waals surface area (Å²) in [5.41, 5.74) is 2.16. The number of anilines is 1. The number of rotatable bonds is 4. The predicted octanol–water partition coefficient (Wildman–Crippen LogP) is 2.87. The summed E-state index contributed by atoms with van der Waals surface area (Å²) in [4.78, 5) is 20.1. The highest BCUT2D eigenvalue weighted by Gasteiger charge is 2.19. The van der Waals surface area contributed by atoms with Crippen LogP contribution in [-0.2, 0) is 4.79 Å². The molecule has 0 bridgehead atoms. The van der Waals surface area contributed by atoms with Crippen molar-refractivity contribution in [1.82, 2.24) is 9.97 Å². The van der Waals surface area contributed by atoms with E-state index in [0.717, 1.165) is 11.0 Å². The van der Waals surface area contributed by atoms with E-state index in [0.29, 0.717) is 11.4 Å². The molecule has 21 heavy (non-hydrogen) atoms. The molecule has 104 valence electrons. The van der Waals surface area contributed by atoms with Crippen molar-refractivity contribution in [2.75, 3.05) is 5.32 Å². The Hall–Kier alpha value is -2.95. The molecule has 5 heteroatoms. The number of nitrogens with one attached hydrogen (secondary N) is 1. The molecule has 1 heterocycles. The molecule has 3 aromatic rings. The molecule has 0 amide bonds. The number of para-hydroxylation sites is 2. The molecule has 3 rings (SSSR count). The maximum Gasteiger partial charge on any atom is 0.330 e. The van der Waals surface area contributed by atoms with Crippen molar-refractivity contribution in [1.29, 1.82) is 0 Å². The molecule has 1 aromatic heterocycles. The second-order valence-electron chi connectivity index (χ2n) is 4.57. The number of carboxylic acids is 1. The van der Waals surface area contributed by atoms with Gasteiger partial charge in [-0.25, -0.2) is 9.78 Å². The van der Waals surface area contributed by atoms with Crippen molar-refractivity contribution >= 4 is 22.8 Å². The maximum absolute atomic E-state index is 11.5. The van der Waals surface area contributed by atoms with Crippen LogP contribution in [-0.4, -0.2) is 21.0 Å². The quantitative estimate of drug-likeness (QED) is 0.768. The first-order valence-electron chi connectivity index (χ1n) is 6.50. The Balaban J connectivity index is 1.93. The summed E-state index contributed by atoms with van der Waals surface area (Å²) in [5, 5.41) is 12.3. The van der Waals surface area contributed by atoms with E-state index in [2.05, 4.69) is 15.3 Å². The second-order valence-corrected chi connectivity index (χ2v) is 4.57. The average Bonchev–Trinajstić information content (AvgIpc) is 2.53. The minimum Gasteiger partial charge on any atom is -0.479 e. The minimum absolute atomic E-state index is 0.435. The molecule has 0 aliphatic rings. The van der Waals surface area contributed by atoms with Gasteiger partial charge in [0.1, 0.15) is 5.82 Å². The van der Waals surface area contributed by atoms with Crippen molar-refractivity contribution in [3.63, 3.8) is 0 Å². The molecule has 5 nitrogen and oxygen atoms in total. The van der Waals surface area contributed by atoms with E-state index in [-0.39, 0.29) is 0 Å². The van der Waals surface area contributed by atoms with Crippen LogP contribution in [0.4, 0.5) is 5.82 Å². The van der Waals surface area contributed by atoms with Gasteiger partial charge in [0, 0.05) is 0 Å². The molecule has 1 atom stereocenters. The summed E-state index contributed by atoms with van der Waals surface area (Å²) in [6, 6.07) is 15.6. The smallest absolute Gasteiger partial charge is 0.330 e. The molecule has 0 saturated heterocycles. The molecule has 0 saturated carbocycles. The van der Waals surface area contributed by atoms with Crippen LogP contribution in [0.3, 0.4) is 0 Å². The molecule has 2 aromatic carbocycles. The van der Waals surface area contributed by atoms with E-state index in [9.17, 15) is 9.90 Å². The highest BCUT2D eigenvalue weighted by molar-refractivity contribution is 5.80. The summed E-state index contributed by atoms with van der Waals surface area (Å²) in [6.45, 7) is 0. The molecule has 0 spiro atoms. The van der Waals surface area contributed by atoms with Crippen molar-refractivity contribution in [2.45, 2.75) is 6.04 Å². The standard InChI is InChI=1S/C16H13N3O2/c20-16(21)15(11-6-2-1-3-7-11)19-14-10-17-12-8-4-5-9-13(12)18-14/h1-10,15H,(H,18,19)(H,20,21). The summed E-state index contributed by atoms with van der Waals surface area (Å²) < 4.78 is 0. The molecule has 0 aliphatic carbocycles. The van der Waals surface area contributed by atoms with E-state index in [1.54, 1.807) is 30.5 Å². The van der Waals surface area contributed by atoms with Gasteiger partial charge in [-0.3, -0.25) is 4.98 Å². The number of benzene rings is 2. The van der Waals surface area contributed by atoms with Crippen LogP contribution in [0.25, 0.3) is 11.0 Å². The van der Waals surface area contributed by atoms with Crippen LogP contribution in [0.5, 0.6) is 0 Å². The SMILES string of the molecule is O=C(O)C(Nc1cnc2ccccc2n1)c1ccccc1. The zero-order valence-corrected chi connectivity index (χ0v) is 11.1. The number of carboxylic acid groups (broad SMARTS) is 1. The largest absolute Gasteiger partial charge is 0.479 e. The lowest BCUT2D eigenvalue weighted by molar-refractivity contribution is -0.138.